The molecule has 140 valence electrons. The molecular weight excluding hydrogens is 344 g/mol. The monoisotopic (exact) mass is 364 g/mol. The van der Waals surface area contributed by atoms with Crippen LogP contribution < -0.4 is 16.8 Å². The zero-order valence-corrected chi connectivity index (χ0v) is 14.0. The minimum Gasteiger partial charge on any atom is -0.444 e. The molecule has 11 heteroatoms. The number of nitrogens with one attached hydrogen (secondary N) is 1. The van der Waals surface area contributed by atoms with Crippen molar-refractivity contribution in [1.29, 1.82) is 0 Å². The molecule has 0 aliphatic carbocycles. The quantitative estimate of drug-likeness (QED) is 0.267. The van der Waals surface area contributed by atoms with Crippen molar-refractivity contribution in [3.05, 3.63) is 39.9 Å². The van der Waals surface area contributed by atoms with E-state index in [-0.39, 0.29) is 30.8 Å². The highest BCUT2D eigenvalue weighted by molar-refractivity contribution is 5.94. The highest BCUT2D eigenvalue weighted by Crippen LogP contribution is 2.15. The Labute approximate surface area is 149 Å². The van der Waals surface area contributed by atoms with Gasteiger partial charge in [0.05, 0.1) is 11.0 Å². The van der Waals surface area contributed by atoms with E-state index in [1.54, 1.807) is 0 Å². The Morgan fingerprint density at radius 3 is 2.58 bits per heavy atom. The van der Waals surface area contributed by atoms with Crippen LogP contribution in [0.3, 0.4) is 0 Å². The highest BCUT2D eigenvalue weighted by atomic mass is 16.6. The van der Waals surface area contributed by atoms with Crippen LogP contribution in [0.5, 0.6) is 0 Å². The Balaban J connectivity index is 2.02. The summed E-state index contributed by atoms with van der Waals surface area (Å²) in [6.45, 7) is 0.654. The van der Waals surface area contributed by atoms with E-state index >= 15 is 0 Å². The maximum atomic E-state index is 12.4. The van der Waals surface area contributed by atoms with E-state index in [1.807, 2.05) is 0 Å². The molecule has 1 aromatic carbocycles. The minimum absolute atomic E-state index is 0.0638. The van der Waals surface area contributed by atoms with E-state index in [4.69, 9.17) is 16.2 Å². The van der Waals surface area contributed by atoms with Gasteiger partial charge in [-0.15, -0.1) is 0 Å². The Morgan fingerprint density at radius 2 is 2.04 bits per heavy atom. The molecule has 1 saturated heterocycles. The molecule has 5 N–H and O–H groups in total. The van der Waals surface area contributed by atoms with Crippen molar-refractivity contribution < 1.29 is 19.2 Å². The number of rotatable bonds is 6. The second-order valence-electron chi connectivity index (χ2n) is 5.63. The summed E-state index contributed by atoms with van der Waals surface area (Å²) in [5, 5.41) is 13.7. The van der Waals surface area contributed by atoms with Gasteiger partial charge in [-0.2, -0.15) is 0 Å². The lowest BCUT2D eigenvalue weighted by Gasteiger charge is -2.25. The molecule has 1 aliphatic rings. The fourth-order valence-electron chi connectivity index (χ4n) is 2.48. The fraction of sp³-hybridized carbons (Fsp3) is 0.400. The summed E-state index contributed by atoms with van der Waals surface area (Å²) in [7, 11) is 0. The van der Waals surface area contributed by atoms with Crippen molar-refractivity contribution in [1.82, 2.24) is 10.2 Å². The van der Waals surface area contributed by atoms with Gasteiger partial charge in [0.1, 0.15) is 13.2 Å². The standard InChI is InChI=1S/C15H20N6O5/c16-14(17)19-8-13(22)20(12-5-6-18-7-12)15(23)26-9-10-1-3-11(4-2-10)21(24)25/h1-4,12,18H,5-9H2,(H4,16,17,19)/t12-/m0/s1. The zero-order valence-electron chi connectivity index (χ0n) is 14.0. The molecule has 1 aliphatic heterocycles. The van der Waals surface area contributed by atoms with Crippen LogP contribution in [0.25, 0.3) is 0 Å². The molecule has 0 radical (unpaired) electrons. The van der Waals surface area contributed by atoms with Crippen LogP contribution in [0, 0.1) is 10.1 Å². The van der Waals surface area contributed by atoms with Crippen molar-refractivity contribution in [2.75, 3.05) is 19.6 Å². The van der Waals surface area contributed by atoms with Crippen LogP contribution in [0.15, 0.2) is 29.3 Å². The molecule has 0 spiro atoms. The van der Waals surface area contributed by atoms with Crippen LogP contribution in [0.4, 0.5) is 10.5 Å². The average Bonchev–Trinajstić information content (AvgIpc) is 3.12. The molecule has 2 rings (SSSR count). The topological polar surface area (TPSA) is 166 Å². The summed E-state index contributed by atoms with van der Waals surface area (Å²) in [6, 6.07) is 5.24. The lowest BCUT2D eigenvalue weighted by molar-refractivity contribution is -0.384. The predicted molar refractivity (Wildman–Crippen MR) is 92.1 cm³/mol. The number of nitrogens with two attached hydrogens (primary N) is 2. The van der Waals surface area contributed by atoms with Gasteiger partial charge in [-0.25, -0.2) is 14.7 Å². The number of carbonyl (C=O) groups excluding carboxylic acids is 2. The van der Waals surface area contributed by atoms with E-state index in [9.17, 15) is 19.7 Å². The molecule has 0 bridgehead atoms. The first-order valence-corrected chi connectivity index (χ1v) is 7.86. The Bertz CT molecular complexity index is 695. The number of carbonyl (C=O) groups is 2. The first kappa shape index (κ1) is 19.1. The van der Waals surface area contributed by atoms with Gasteiger partial charge >= 0.3 is 6.09 Å². The summed E-state index contributed by atoms with van der Waals surface area (Å²) in [5.74, 6) is -0.817. The van der Waals surface area contributed by atoms with Gasteiger partial charge in [-0.05, 0) is 30.7 Å². The second-order valence-corrected chi connectivity index (χ2v) is 5.63. The first-order chi connectivity index (χ1) is 12.4. The number of imide groups is 1. The summed E-state index contributed by atoms with van der Waals surface area (Å²) < 4.78 is 5.19. The molecule has 1 fully saturated rings. The molecule has 0 aromatic heterocycles. The largest absolute Gasteiger partial charge is 0.444 e. The smallest absolute Gasteiger partial charge is 0.417 e. The number of benzene rings is 1. The summed E-state index contributed by atoms with van der Waals surface area (Å²) in [5.41, 5.74) is 10.9. The van der Waals surface area contributed by atoms with Gasteiger partial charge in [-0.3, -0.25) is 14.9 Å². The van der Waals surface area contributed by atoms with Crippen LogP contribution in [-0.4, -0.2) is 53.5 Å². The number of nitro benzene ring substituents is 1. The van der Waals surface area contributed by atoms with Gasteiger partial charge in [-0.1, -0.05) is 0 Å². The van der Waals surface area contributed by atoms with Gasteiger partial charge in [0, 0.05) is 18.7 Å². The molecule has 26 heavy (non-hydrogen) atoms. The van der Waals surface area contributed by atoms with E-state index in [0.29, 0.717) is 25.1 Å². The Morgan fingerprint density at radius 1 is 1.35 bits per heavy atom. The number of amides is 2. The number of hydrogen-bond acceptors (Lipinski definition) is 7. The molecular formula is C15H20N6O5. The Hall–Kier alpha value is -3.21. The van der Waals surface area contributed by atoms with Crippen molar-refractivity contribution in [3.8, 4) is 0 Å². The molecule has 2 amide bonds. The van der Waals surface area contributed by atoms with E-state index in [1.165, 1.54) is 24.3 Å². The van der Waals surface area contributed by atoms with E-state index < -0.39 is 16.9 Å². The minimum atomic E-state index is -0.812. The third kappa shape index (κ3) is 5.14. The normalized spacial score (nSPS) is 15.9. The SMILES string of the molecule is NC(N)=NCC(=O)N(C(=O)OCc1ccc([N+](=O)[O-])cc1)[C@H]1CCNC1. The zero-order chi connectivity index (χ0) is 19.1. The number of aliphatic imine (C=N–C) groups is 1. The molecule has 0 unspecified atom stereocenters. The lowest BCUT2D eigenvalue weighted by Crippen LogP contribution is -2.47. The number of guanidine groups is 1. The van der Waals surface area contributed by atoms with Gasteiger partial charge in [0.25, 0.3) is 11.6 Å². The van der Waals surface area contributed by atoms with E-state index in [0.717, 1.165) is 4.90 Å². The van der Waals surface area contributed by atoms with Crippen molar-refractivity contribution >= 4 is 23.6 Å². The third-order valence-electron chi connectivity index (χ3n) is 3.77. The number of hydrogen-bond donors (Lipinski definition) is 3. The molecule has 1 heterocycles. The molecule has 0 saturated carbocycles. The van der Waals surface area contributed by atoms with Crippen LogP contribution in [0.1, 0.15) is 12.0 Å². The Kier molecular flexibility index (Phi) is 6.44. The van der Waals surface area contributed by atoms with Crippen molar-refractivity contribution in [2.24, 2.45) is 16.5 Å². The second kappa shape index (κ2) is 8.76. The first-order valence-electron chi connectivity index (χ1n) is 7.86. The molecule has 1 atom stereocenters. The van der Waals surface area contributed by atoms with Crippen LogP contribution in [0.2, 0.25) is 0 Å². The maximum Gasteiger partial charge on any atom is 0.417 e. The maximum absolute atomic E-state index is 12.4. The number of non-ortho nitro benzene ring substituents is 1. The number of nitro groups is 1. The summed E-state index contributed by atoms with van der Waals surface area (Å²) >= 11 is 0. The predicted octanol–water partition coefficient (Wildman–Crippen LogP) is -0.305. The average molecular weight is 364 g/mol. The van der Waals surface area contributed by atoms with Crippen LogP contribution >= 0.6 is 0 Å². The van der Waals surface area contributed by atoms with Gasteiger partial charge in [0.15, 0.2) is 5.96 Å². The highest BCUT2D eigenvalue weighted by Gasteiger charge is 2.32. The molecule has 1 aromatic rings. The van der Waals surface area contributed by atoms with Gasteiger partial charge < -0.3 is 21.5 Å². The van der Waals surface area contributed by atoms with Crippen LogP contribution in [-0.2, 0) is 16.1 Å². The van der Waals surface area contributed by atoms with Gasteiger partial charge in [0.2, 0.25) is 0 Å². The number of nitrogens with zero attached hydrogens (tertiary/aromatic N) is 3. The fourth-order valence-corrected chi connectivity index (χ4v) is 2.48. The number of ether oxygens (including phenoxy) is 1. The molecule has 11 nitrogen and oxygen atoms in total. The summed E-state index contributed by atoms with van der Waals surface area (Å²) in [6.07, 6.45) is -0.215. The summed E-state index contributed by atoms with van der Waals surface area (Å²) in [4.78, 5) is 39.5. The third-order valence-corrected chi connectivity index (χ3v) is 3.77. The lowest BCUT2D eigenvalue weighted by atomic mass is 10.2. The van der Waals surface area contributed by atoms with Crippen molar-refractivity contribution in [2.45, 2.75) is 19.1 Å². The van der Waals surface area contributed by atoms with Crippen molar-refractivity contribution in [3.63, 3.8) is 0 Å². The van der Waals surface area contributed by atoms with E-state index in [2.05, 4.69) is 10.3 Å².